The van der Waals surface area contributed by atoms with Gasteiger partial charge in [-0.3, -0.25) is 4.79 Å². The molecule has 3 nitrogen and oxygen atoms in total. The van der Waals surface area contributed by atoms with Crippen molar-refractivity contribution in [3.05, 3.63) is 35.4 Å². The summed E-state index contributed by atoms with van der Waals surface area (Å²) in [6.45, 7) is 6.40. The van der Waals surface area contributed by atoms with Crippen molar-refractivity contribution >= 4 is 18.3 Å². The first-order valence-electron chi connectivity index (χ1n) is 7.71. The predicted octanol–water partition coefficient (Wildman–Crippen LogP) is 3.67. The first-order chi connectivity index (χ1) is 9.69. The number of nitrogens with two attached hydrogens (primary N) is 1. The third kappa shape index (κ3) is 7.49. The minimum absolute atomic E-state index is 0. The van der Waals surface area contributed by atoms with Crippen molar-refractivity contribution in [2.45, 2.75) is 52.5 Å². The van der Waals surface area contributed by atoms with Crippen molar-refractivity contribution in [2.75, 3.05) is 13.1 Å². The number of hydrogen-bond acceptors (Lipinski definition) is 2. The van der Waals surface area contributed by atoms with Crippen molar-refractivity contribution < 1.29 is 4.79 Å². The van der Waals surface area contributed by atoms with Crippen LogP contribution in [0.15, 0.2) is 24.3 Å². The summed E-state index contributed by atoms with van der Waals surface area (Å²) in [6.07, 6.45) is 4.93. The highest BCUT2D eigenvalue weighted by atomic mass is 35.5. The number of aryl methyl sites for hydroxylation is 1. The number of amides is 1. The van der Waals surface area contributed by atoms with Crippen LogP contribution in [0.5, 0.6) is 0 Å². The van der Waals surface area contributed by atoms with E-state index in [1.165, 1.54) is 11.1 Å². The summed E-state index contributed by atoms with van der Waals surface area (Å²) in [6, 6.07) is 8.27. The molecule has 0 aliphatic carbocycles. The van der Waals surface area contributed by atoms with Gasteiger partial charge in [0.15, 0.2) is 0 Å². The first kappa shape index (κ1) is 19.9. The van der Waals surface area contributed by atoms with Gasteiger partial charge in [0.1, 0.15) is 0 Å². The van der Waals surface area contributed by atoms with Crippen molar-refractivity contribution in [2.24, 2.45) is 5.73 Å². The van der Waals surface area contributed by atoms with Gasteiger partial charge < -0.3 is 10.6 Å². The zero-order valence-electron chi connectivity index (χ0n) is 13.3. The molecule has 0 heterocycles. The lowest BCUT2D eigenvalue weighted by Crippen LogP contribution is -2.30. The summed E-state index contributed by atoms with van der Waals surface area (Å²) >= 11 is 0. The van der Waals surface area contributed by atoms with Gasteiger partial charge in [0, 0.05) is 19.5 Å². The van der Waals surface area contributed by atoms with Crippen LogP contribution in [0.4, 0.5) is 0 Å². The summed E-state index contributed by atoms with van der Waals surface area (Å²) in [7, 11) is 0. The molecule has 1 aromatic rings. The first-order valence-corrected chi connectivity index (χ1v) is 7.71. The Balaban J connectivity index is 0.00000400. The molecule has 0 atom stereocenters. The highest BCUT2D eigenvalue weighted by Crippen LogP contribution is 2.12. The lowest BCUT2D eigenvalue weighted by Gasteiger charge is -2.22. The molecule has 1 amide bonds. The van der Waals surface area contributed by atoms with Gasteiger partial charge in [0.25, 0.3) is 0 Å². The van der Waals surface area contributed by atoms with Gasteiger partial charge in [-0.1, -0.05) is 37.1 Å². The van der Waals surface area contributed by atoms with E-state index in [1.807, 2.05) is 24.0 Å². The molecule has 0 aliphatic rings. The predicted molar refractivity (Wildman–Crippen MR) is 91.7 cm³/mol. The summed E-state index contributed by atoms with van der Waals surface area (Å²) in [4.78, 5) is 14.2. The number of benzene rings is 1. The molecule has 1 rings (SSSR count). The van der Waals surface area contributed by atoms with Crippen LogP contribution in [-0.4, -0.2) is 23.9 Å². The van der Waals surface area contributed by atoms with Crippen LogP contribution < -0.4 is 5.73 Å². The zero-order valence-corrected chi connectivity index (χ0v) is 14.1. The van der Waals surface area contributed by atoms with E-state index >= 15 is 0 Å². The molecular weight excluding hydrogens is 284 g/mol. The summed E-state index contributed by atoms with van der Waals surface area (Å²) in [5.74, 6) is 0.267. The van der Waals surface area contributed by atoms with Gasteiger partial charge in [0.05, 0.1) is 0 Å². The van der Waals surface area contributed by atoms with Gasteiger partial charge in [-0.2, -0.15) is 0 Å². The average Bonchev–Trinajstić information content (AvgIpc) is 2.46. The van der Waals surface area contributed by atoms with Crippen LogP contribution in [0.25, 0.3) is 0 Å². The third-order valence-corrected chi connectivity index (χ3v) is 3.70. The fraction of sp³-hybridized carbons (Fsp3) is 0.588. The molecule has 0 unspecified atom stereocenters. The molecule has 120 valence electrons. The minimum Gasteiger partial charge on any atom is -0.339 e. The van der Waals surface area contributed by atoms with E-state index in [9.17, 15) is 4.79 Å². The highest BCUT2D eigenvalue weighted by molar-refractivity contribution is 5.85. The average molecular weight is 313 g/mol. The lowest BCUT2D eigenvalue weighted by atomic mass is 10.1. The molecular formula is C17H29ClN2O. The van der Waals surface area contributed by atoms with E-state index in [0.29, 0.717) is 6.42 Å². The number of unbranched alkanes of at least 4 members (excludes halogenated alkanes) is 3. The number of carbonyl (C=O) groups is 1. The van der Waals surface area contributed by atoms with Crippen molar-refractivity contribution in [1.82, 2.24) is 4.90 Å². The standard InChI is InChI=1S/C17H28N2O.ClH/c1-3-19(14-16-11-8-7-10-15(16)2)17(20)12-6-4-5-9-13-18;/h7-8,10-11H,3-6,9,12-14,18H2,1-2H3;1H. The van der Waals surface area contributed by atoms with Crippen molar-refractivity contribution in [3.8, 4) is 0 Å². The number of hydrogen-bond donors (Lipinski definition) is 1. The molecule has 0 saturated heterocycles. The molecule has 2 N–H and O–H groups in total. The number of rotatable bonds is 9. The quantitative estimate of drug-likeness (QED) is 0.707. The van der Waals surface area contributed by atoms with Crippen LogP contribution in [0.1, 0.15) is 50.2 Å². The minimum atomic E-state index is 0. The van der Waals surface area contributed by atoms with E-state index < -0.39 is 0 Å². The Hall–Kier alpha value is -1.06. The maximum Gasteiger partial charge on any atom is 0.222 e. The molecule has 0 radical (unpaired) electrons. The Morgan fingerprint density at radius 2 is 1.81 bits per heavy atom. The molecule has 0 saturated carbocycles. The van der Waals surface area contributed by atoms with E-state index in [-0.39, 0.29) is 18.3 Å². The maximum atomic E-state index is 12.2. The van der Waals surface area contributed by atoms with Crippen LogP contribution >= 0.6 is 12.4 Å². The second-order valence-electron chi connectivity index (χ2n) is 5.29. The third-order valence-electron chi connectivity index (χ3n) is 3.70. The van der Waals surface area contributed by atoms with Gasteiger partial charge in [-0.05, 0) is 44.4 Å². The molecule has 21 heavy (non-hydrogen) atoms. The van der Waals surface area contributed by atoms with Crippen molar-refractivity contribution in [3.63, 3.8) is 0 Å². The van der Waals surface area contributed by atoms with E-state index in [0.717, 1.165) is 45.3 Å². The number of carbonyl (C=O) groups excluding carboxylic acids is 1. The second-order valence-corrected chi connectivity index (χ2v) is 5.29. The molecule has 0 bridgehead atoms. The molecule has 0 aliphatic heterocycles. The van der Waals surface area contributed by atoms with E-state index in [2.05, 4.69) is 19.1 Å². The van der Waals surface area contributed by atoms with Gasteiger partial charge >= 0.3 is 0 Å². The highest BCUT2D eigenvalue weighted by Gasteiger charge is 2.12. The normalized spacial score (nSPS) is 10.0. The Morgan fingerprint density at radius 1 is 1.14 bits per heavy atom. The fourth-order valence-corrected chi connectivity index (χ4v) is 2.30. The molecule has 4 heteroatoms. The number of halogens is 1. The monoisotopic (exact) mass is 312 g/mol. The van der Waals surface area contributed by atoms with Crippen LogP contribution in [0, 0.1) is 6.92 Å². The Kier molecular flexibility index (Phi) is 11.0. The molecule has 0 fully saturated rings. The maximum absolute atomic E-state index is 12.2. The Labute approximate surface area is 135 Å². The molecule has 0 aromatic heterocycles. The summed E-state index contributed by atoms with van der Waals surface area (Å²) < 4.78 is 0. The SMILES string of the molecule is CCN(Cc1ccccc1C)C(=O)CCCCCCN.Cl. The Morgan fingerprint density at radius 3 is 2.43 bits per heavy atom. The fourth-order valence-electron chi connectivity index (χ4n) is 2.30. The number of nitrogens with zero attached hydrogens (tertiary/aromatic N) is 1. The largest absolute Gasteiger partial charge is 0.339 e. The molecule has 1 aromatic carbocycles. The smallest absolute Gasteiger partial charge is 0.222 e. The topological polar surface area (TPSA) is 46.3 Å². The Bertz CT molecular complexity index is 410. The van der Waals surface area contributed by atoms with E-state index in [4.69, 9.17) is 5.73 Å². The van der Waals surface area contributed by atoms with Crippen molar-refractivity contribution in [1.29, 1.82) is 0 Å². The zero-order chi connectivity index (χ0) is 14.8. The van der Waals surface area contributed by atoms with Gasteiger partial charge in [0.2, 0.25) is 5.91 Å². The van der Waals surface area contributed by atoms with E-state index in [1.54, 1.807) is 0 Å². The second kappa shape index (κ2) is 11.6. The van der Waals surface area contributed by atoms with Crippen LogP contribution in [-0.2, 0) is 11.3 Å². The lowest BCUT2D eigenvalue weighted by molar-refractivity contribution is -0.131. The van der Waals surface area contributed by atoms with Gasteiger partial charge in [-0.25, -0.2) is 0 Å². The van der Waals surface area contributed by atoms with Crippen LogP contribution in [0.3, 0.4) is 0 Å². The summed E-state index contributed by atoms with van der Waals surface area (Å²) in [5.41, 5.74) is 7.96. The summed E-state index contributed by atoms with van der Waals surface area (Å²) in [5, 5.41) is 0. The van der Waals surface area contributed by atoms with Crippen LogP contribution in [0.2, 0.25) is 0 Å². The molecule has 0 spiro atoms. The van der Waals surface area contributed by atoms with Gasteiger partial charge in [-0.15, -0.1) is 12.4 Å².